The standard InChI is InChI=1S/C17H22F3N3O/c18-17(19,20)14-4-1-5-15(11-14)22-7-9-23(10-8-22)16(24)13-3-2-6-21-12-13/h1,4-5,11,13,21H,2-3,6-10,12H2. The summed E-state index contributed by atoms with van der Waals surface area (Å²) in [7, 11) is 0. The molecule has 2 aliphatic rings. The monoisotopic (exact) mass is 341 g/mol. The third kappa shape index (κ3) is 3.83. The lowest BCUT2D eigenvalue weighted by Crippen LogP contribution is -2.52. The zero-order valence-corrected chi connectivity index (χ0v) is 13.5. The van der Waals surface area contributed by atoms with Gasteiger partial charge in [0.2, 0.25) is 5.91 Å². The van der Waals surface area contributed by atoms with E-state index in [2.05, 4.69) is 5.32 Å². The van der Waals surface area contributed by atoms with Crippen molar-refractivity contribution in [1.29, 1.82) is 0 Å². The Bertz CT molecular complexity index is 577. The Labute approximate surface area is 139 Å². The van der Waals surface area contributed by atoms with E-state index in [-0.39, 0.29) is 11.8 Å². The highest BCUT2D eigenvalue weighted by molar-refractivity contribution is 5.79. The molecule has 1 aromatic carbocycles. The van der Waals surface area contributed by atoms with Crippen molar-refractivity contribution in [3.05, 3.63) is 29.8 Å². The number of piperidine rings is 1. The van der Waals surface area contributed by atoms with Crippen LogP contribution in [-0.4, -0.2) is 50.1 Å². The van der Waals surface area contributed by atoms with E-state index in [4.69, 9.17) is 0 Å². The van der Waals surface area contributed by atoms with Gasteiger partial charge in [-0.25, -0.2) is 0 Å². The van der Waals surface area contributed by atoms with Gasteiger partial charge in [0, 0.05) is 38.4 Å². The largest absolute Gasteiger partial charge is 0.416 e. The molecule has 1 aromatic rings. The van der Waals surface area contributed by atoms with Gasteiger partial charge in [-0.15, -0.1) is 0 Å². The lowest BCUT2D eigenvalue weighted by atomic mass is 9.98. The molecule has 7 heteroatoms. The molecule has 3 rings (SSSR count). The number of halogens is 3. The van der Waals surface area contributed by atoms with Crippen molar-refractivity contribution < 1.29 is 18.0 Å². The first-order valence-corrected chi connectivity index (χ1v) is 8.37. The van der Waals surface area contributed by atoms with E-state index >= 15 is 0 Å². The number of rotatable bonds is 2. The molecule has 0 aromatic heterocycles. The summed E-state index contributed by atoms with van der Waals surface area (Å²) in [6.45, 7) is 3.94. The summed E-state index contributed by atoms with van der Waals surface area (Å²) in [6.07, 6.45) is -2.40. The van der Waals surface area contributed by atoms with Crippen LogP contribution in [-0.2, 0) is 11.0 Å². The number of piperazine rings is 1. The number of carbonyl (C=O) groups is 1. The van der Waals surface area contributed by atoms with E-state index < -0.39 is 11.7 Å². The van der Waals surface area contributed by atoms with Crippen molar-refractivity contribution in [2.24, 2.45) is 5.92 Å². The van der Waals surface area contributed by atoms with Crippen molar-refractivity contribution >= 4 is 11.6 Å². The predicted octanol–water partition coefficient (Wildman–Crippen LogP) is 2.35. The van der Waals surface area contributed by atoms with Gasteiger partial charge in [-0.05, 0) is 37.6 Å². The summed E-state index contributed by atoms with van der Waals surface area (Å²) in [6, 6.07) is 5.39. The number of nitrogens with zero attached hydrogens (tertiary/aromatic N) is 2. The van der Waals surface area contributed by atoms with Gasteiger partial charge >= 0.3 is 6.18 Å². The van der Waals surface area contributed by atoms with Crippen LogP contribution in [0.1, 0.15) is 18.4 Å². The Morgan fingerprint density at radius 3 is 2.54 bits per heavy atom. The van der Waals surface area contributed by atoms with Crippen molar-refractivity contribution in [2.45, 2.75) is 19.0 Å². The summed E-state index contributed by atoms with van der Waals surface area (Å²) < 4.78 is 38.5. The minimum Gasteiger partial charge on any atom is -0.368 e. The summed E-state index contributed by atoms with van der Waals surface area (Å²) >= 11 is 0. The van der Waals surface area contributed by atoms with Crippen LogP contribution >= 0.6 is 0 Å². The SMILES string of the molecule is O=C(C1CCCNC1)N1CCN(c2cccc(C(F)(F)F)c2)CC1. The van der Waals surface area contributed by atoms with Gasteiger partial charge in [0.15, 0.2) is 0 Å². The number of benzene rings is 1. The van der Waals surface area contributed by atoms with Crippen LogP contribution in [0.5, 0.6) is 0 Å². The molecule has 24 heavy (non-hydrogen) atoms. The van der Waals surface area contributed by atoms with Gasteiger partial charge in [0.05, 0.1) is 11.5 Å². The molecule has 2 aliphatic heterocycles. The summed E-state index contributed by atoms with van der Waals surface area (Å²) in [5, 5.41) is 3.25. The molecule has 0 radical (unpaired) electrons. The summed E-state index contributed by atoms with van der Waals surface area (Å²) in [4.78, 5) is 16.3. The van der Waals surface area contributed by atoms with Crippen molar-refractivity contribution in [3.8, 4) is 0 Å². The molecule has 2 heterocycles. The van der Waals surface area contributed by atoms with Crippen LogP contribution < -0.4 is 10.2 Å². The topological polar surface area (TPSA) is 35.6 Å². The maximum atomic E-state index is 12.8. The smallest absolute Gasteiger partial charge is 0.368 e. The van der Waals surface area contributed by atoms with Gasteiger partial charge in [-0.2, -0.15) is 13.2 Å². The fraction of sp³-hybridized carbons (Fsp3) is 0.588. The van der Waals surface area contributed by atoms with Gasteiger partial charge in [0.25, 0.3) is 0 Å². The summed E-state index contributed by atoms with van der Waals surface area (Å²) in [5.41, 5.74) is -0.0666. The maximum absolute atomic E-state index is 12.8. The molecule has 0 spiro atoms. The molecule has 132 valence electrons. The molecule has 0 saturated carbocycles. The Morgan fingerprint density at radius 1 is 1.17 bits per heavy atom. The third-order valence-corrected chi connectivity index (χ3v) is 4.78. The molecular formula is C17H22F3N3O. The van der Waals surface area contributed by atoms with Crippen molar-refractivity contribution in [3.63, 3.8) is 0 Å². The van der Waals surface area contributed by atoms with Gasteiger partial charge < -0.3 is 15.1 Å². The highest BCUT2D eigenvalue weighted by atomic mass is 19.4. The molecule has 2 saturated heterocycles. The quantitative estimate of drug-likeness (QED) is 0.897. The van der Waals surface area contributed by atoms with E-state index in [1.54, 1.807) is 6.07 Å². The van der Waals surface area contributed by atoms with Crippen LogP contribution in [0, 0.1) is 5.92 Å². The highest BCUT2D eigenvalue weighted by Gasteiger charge is 2.32. The molecule has 1 atom stereocenters. The predicted molar refractivity (Wildman–Crippen MR) is 85.8 cm³/mol. The van der Waals surface area contributed by atoms with Gasteiger partial charge in [0.1, 0.15) is 0 Å². The second kappa shape index (κ2) is 7.01. The number of hydrogen-bond acceptors (Lipinski definition) is 3. The molecule has 1 amide bonds. The molecule has 1 N–H and O–H groups in total. The molecule has 0 aliphatic carbocycles. The molecular weight excluding hydrogens is 319 g/mol. The average Bonchev–Trinajstić information content (AvgIpc) is 2.61. The highest BCUT2D eigenvalue weighted by Crippen LogP contribution is 2.32. The number of nitrogens with one attached hydrogen (secondary N) is 1. The minimum absolute atomic E-state index is 0.0406. The molecule has 4 nitrogen and oxygen atoms in total. The second-order valence-electron chi connectivity index (χ2n) is 6.40. The van der Waals surface area contributed by atoms with E-state index in [0.717, 1.165) is 32.0 Å². The van der Waals surface area contributed by atoms with Crippen LogP contribution in [0.4, 0.5) is 18.9 Å². The molecule has 1 unspecified atom stereocenters. The Kier molecular flexibility index (Phi) is 4.99. The third-order valence-electron chi connectivity index (χ3n) is 4.78. The number of hydrogen-bond donors (Lipinski definition) is 1. The molecule has 2 fully saturated rings. The van der Waals surface area contributed by atoms with Gasteiger partial charge in [-0.1, -0.05) is 6.07 Å². The zero-order valence-electron chi connectivity index (χ0n) is 13.5. The first-order valence-electron chi connectivity index (χ1n) is 8.37. The fourth-order valence-corrected chi connectivity index (χ4v) is 3.38. The lowest BCUT2D eigenvalue weighted by molar-refractivity contribution is -0.137. The first kappa shape index (κ1) is 17.1. The molecule has 0 bridgehead atoms. The van der Waals surface area contributed by atoms with E-state index in [9.17, 15) is 18.0 Å². The first-order chi connectivity index (χ1) is 11.4. The summed E-state index contributed by atoms with van der Waals surface area (Å²) in [5.74, 6) is 0.213. The van der Waals surface area contributed by atoms with Crippen LogP contribution in [0.25, 0.3) is 0 Å². The average molecular weight is 341 g/mol. The lowest BCUT2D eigenvalue weighted by Gasteiger charge is -2.38. The van der Waals surface area contributed by atoms with Crippen LogP contribution in [0.3, 0.4) is 0 Å². The maximum Gasteiger partial charge on any atom is 0.416 e. The van der Waals surface area contributed by atoms with Gasteiger partial charge in [-0.3, -0.25) is 4.79 Å². The van der Waals surface area contributed by atoms with Crippen molar-refractivity contribution in [1.82, 2.24) is 10.2 Å². The second-order valence-corrected chi connectivity index (χ2v) is 6.40. The number of carbonyl (C=O) groups excluding carboxylic acids is 1. The van der Waals surface area contributed by atoms with E-state index in [1.807, 2.05) is 9.80 Å². The number of anilines is 1. The Balaban J connectivity index is 1.60. The van der Waals surface area contributed by atoms with Crippen LogP contribution in [0.2, 0.25) is 0 Å². The zero-order chi connectivity index (χ0) is 17.2. The minimum atomic E-state index is -4.33. The normalized spacial score (nSPS) is 22.5. The van der Waals surface area contributed by atoms with E-state index in [0.29, 0.717) is 31.9 Å². The number of amides is 1. The number of alkyl halides is 3. The van der Waals surface area contributed by atoms with Crippen molar-refractivity contribution in [2.75, 3.05) is 44.2 Å². The Morgan fingerprint density at radius 2 is 1.92 bits per heavy atom. The van der Waals surface area contributed by atoms with Crippen LogP contribution in [0.15, 0.2) is 24.3 Å². The van der Waals surface area contributed by atoms with E-state index in [1.165, 1.54) is 12.1 Å². The Hall–Kier alpha value is -1.76. The fourth-order valence-electron chi connectivity index (χ4n) is 3.38.